The summed E-state index contributed by atoms with van der Waals surface area (Å²) in [4.78, 5) is 12.0. The third-order valence-electron chi connectivity index (χ3n) is 3.31. The molecule has 0 aliphatic rings. The van der Waals surface area contributed by atoms with Gasteiger partial charge in [0.15, 0.2) is 0 Å². The van der Waals surface area contributed by atoms with Crippen LogP contribution in [-0.2, 0) is 11.3 Å². The van der Waals surface area contributed by atoms with Crippen molar-refractivity contribution < 1.29 is 9.53 Å². The second-order valence-corrected chi connectivity index (χ2v) is 5.34. The molecule has 0 aliphatic carbocycles. The first-order valence-electron chi connectivity index (χ1n) is 7.19. The number of ether oxygens (including phenoxy) is 1. The molecule has 0 bridgehead atoms. The third kappa shape index (κ3) is 4.63. The van der Waals surface area contributed by atoms with E-state index in [4.69, 9.17) is 4.74 Å². The molecule has 1 unspecified atom stereocenters. The maximum absolute atomic E-state index is 12.0. The van der Waals surface area contributed by atoms with Crippen molar-refractivity contribution in [3.63, 3.8) is 0 Å². The van der Waals surface area contributed by atoms with Crippen LogP contribution >= 0.6 is 0 Å². The molecule has 2 rings (SSSR count). The van der Waals surface area contributed by atoms with E-state index in [0.29, 0.717) is 0 Å². The van der Waals surface area contributed by atoms with Crippen molar-refractivity contribution in [3.05, 3.63) is 71.8 Å². The van der Waals surface area contributed by atoms with Crippen molar-refractivity contribution >= 4 is 6.09 Å². The van der Waals surface area contributed by atoms with E-state index >= 15 is 0 Å². The van der Waals surface area contributed by atoms with Crippen LogP contribution in [0.4, 0.5) is 4.79 Å². The van der Waals surface area contributed by atoms with Crippen LogP contribution in [0.15, 0.2) is 60.7 Å². The molecule has 1 amide bonds. The van der Waals surface area contributed by atoms with E-state index in [1.807, 2.05) is 60.7 Å². The Labute approximate surface area is 126 Å². The fourth-order valence-corrected chi connectivity index (χ4v) is 2.19. The van der Waals surface area contributed by atoms with Gasteiger partial charge in [0, 0.05) is 0 Å². The van der Waals surface area contributed by atoms with E-state index in [1.54, 1.807) is 0 Å². The Kier molecular flexibility index (Phi) is 5.38. The van der Waals surface area contributed by atoms with Gasteiger partial charge >= 0.3 is 6.09 Å². The van der Waals surface area contributed by atoms with E-state index in [-0.39, 0.29) is 24.7 Å². The van der Waals surface area contributed by atoms with E-state index in [0.717, 1.165) is 11.1 Å². The molecule has 0 aromatic heterocycles. The first-order chi connectivity index (χ1) is 10.2. The molecular weight excluding hydrogens is 262 g/mol. The number of hydrogen-bond acceptors (Lipinski definition) is 2. The lowest BCUT2D eigenvalue weighted by atomic mass is 9.96. The summed E-state index contributed by atoms with van der Waals surface area (Å²) in [6.07, 6.45) is -0.388. The Balaban J connectivity index is 1.93. The Morgan fingerprint density at radius 3 is 2.14 bits per heavy atom. The van der Waals surface area contributed by atoms with Crippen LogP contribution in [0.5, 0.6) is 0 Å². The van der Waals surface area contributed by atoms with Crippen LogP contribution in [-0.4, -0.2) is 6.09 Å². The third-order valence-corrected chi connectivity index (χ3v) is 3.31. The highest BCUT2D eigenvalue weighted by Gasteiger charge is 2.18. The predicted molar refractivity (Wildman–Crippen MR) is 83.8 cm³/mol. The number of rotatable bonds is 5. The summed E-state index contributed by atoms with van der Waals surface area (Å²) in [5.41, 5.74) is 2.07. The summed E-state index contributed by atoms with van der Waals surface area (Å²) < 4.78 is 5.28. The van der Waals surface area contributed by atoms with Crippen molar-refractivity contribution in [1.82, 2.24) is 5.32 Å². The molecule has 0 saturated heterocycles. The molecule has 110 valence electrons. The summed E-state index contributed by atoms with van der Waals surface area (Å²) >= 11 is 0. The van der Waals surface area contributed by atoms with Crippen LogP contribution in [0, 0.1) is 5.92 Å². The van der Waals surface area contributed by atoms with Gasteiger partial charge in [0.2, 0.25) is 0 Å². The van der Waals surface area contributed by atoms with Gasteiger partial charge in [0.25, 0.3) is 0 Å². The van der Waals surface area contributed by atoms with Crippen molar-refractivity contribution in [1.29, 1.82) is 0 Å². The maximum atomic E-state index is 12.0. The van der Waals surface area contributed by atoms with Gasteiger partial charge < -0.3 is 10.1 Å². The van der Waals surface area contributed by atoms with Gasteiger partial charge in [-0.15, -0.1) is 0 Å². The molecule has 2 aromatic carbocycles. The molecular formula is C18H21NO2. The number of nitrogens with one attached hydrogen (secondary N) is 1. The number of hydrogen-bond donors (Lipinski definition) is 1. The summed E-state index contributed by atoms with van der Waals surface area (Å²) in [7, 11) is 0. The number of amides is 1. The minimum Gasteiger partial charge on any atom is -0.445 e. The second-order valence-electron chi connectivity index (χ2n) is 5.34. The van der Waals surface area contributed by atoms with Gasteiger partial charge in [0.05, 0.1) is 6.04 Å². The largest absolute Gasteiger partial charge is 0.445 e. The molecule has 0 aliphatic heterocycles. The molecule has 1 N–H and O–H groups in total. The van der Waals surface area contributed by atoms with Gasteiger partial charge in [-0.25, -0.2) is 4.79 Å². The molecule has 21 heavy (non-hydrogen) atoms. The van der Waals surface area contributed by atoms with Gasteiger partial charge in [-0.3, -0.25) is 0 Å². The quantitative estimate of drug-likeness (QED) is 0.888. The predicted octanol–water partition coefficient (Wildman–Crippen LogP) is 4.31. The van der Waals surface area contributed by atoms with Crippen molar-refractivity contribution in [2.75, 3.05) is 0 Å². The fourth-order valence-electron chi connectivity index (χ4n) is 2.19. The highest BCUT2D eigenvalue weighted by Crippen LogP contribution is 2.21. The Hall–Kier alpha value is -2.29. The molecule has 3 heteroatoms. The highest BCUT2D eigenvalue weighted by molar-refractivity contribution is 5.68. The fraction of sp³-hybridized carbons (Fsp3) is 0.278. The topological polar surface area (TPSA) is 38.3 Å². The average molecular weight is 283 g/mol. The van der Waals surface area contributed by atoms with Crippen LogP contribution in [0.2, 0.25) is 0 Å². The van der Waals surface area contributed by atoms with Crippen LogP contribution < -0.4 is 5.32 Å². The second kappa shape index (κ2) is 7.48. The summed E-state index contributed by atoms with van der Waals surface area (Å²) in [5, 5.41) is 2.94. The van der Waals surface area contributed by atoms with E-state index in [1.165, 1.54) is 0 Å². The van der Waals surface area contributed by atoms with Gasteiger partial charge in [-0.2, -0.15) is 0 Å². The number of carbonyl (C=O) groups is 1. The zero-order chi connectivity index (χ0) is 15.1. The van der Waals surface area contributed by atoms with Gasteiger partial charge in [-0.05, 0) is 17.0 Å². The summed E-state index contributed by atoms with van der Waals surface area (Å²) in [6, 6.07) is 19.6. The monoisotopic (exact) mass is 283 g/mol. The van der Waals surface area contributed by atoms with E-state index in [9.17, 15) is 4.79 Å². The van der Waals surface area contributed by atoms with E-state index < -0.39 is 0 Å². The average Bonchev–Trinajstić information content (AvgIpc) is 2.52. The molecule has 0 radical (unpaired) electrons. The summed E-state index contributed by atoms with van der Waals surface area (Å²) in [5.74, 6) is 0.289. The highest BCUT2D eigenvalue weighted by atomic mass is 16.5. The zero-order valence-electron chi connectivity index (χ0n) is 12.5. The molecule has 0 spiro atoms. The van der Waals surface area contributed by atoms with Crippen molar-refractivity contribution in [2.24, 2.45) is 5.92 Å². The Morgan fingerprint density at radius 1 is 1.00 bits per heavy atom. The lowest BCUT2D eigenvalue weighted by molar-refractivity contribution is 0.132. The Morgan fingerprint density at radius 2 is 1.57 bits per heavy atom. The minimum absolute atomic E-state index is 0.0468. The zero-order valence-corrected chi connectivity index (χ0v) is 12.5. The minimum atomic E-state index is -0.388. The molecule has 1 atom stereocenters. The van der Waals surface area contributed by atoms with Crippen molar-refractivity contribution in [2.45, 2.75) is 26.5 Å². The van der Waals surface area contributed by atoms with Crippen molar-refractivity contribution in [3.8, 4) is 0 Å². The number of carbonyl (C=O) groups excluding carboxylic acids is 1. The maximum Gasteiger partial charge on any atom is 0.407 e. The first-order valence-corrected chi connectivity index (χ1v) is 7.19. The molecule has 3 nitrogen and oxygen atoms in total. The number of benzene rings is 2. The van der Waals surface area contributed by atoms with Crippen LogP contribution in [0.25, 0.3) is 0 Å². The first kappa shape index (κ1) is 15.1. The molecule has 0 saturated carbocycles. The SMILES string of the molecule is CC(C)C(NC(=O)OCc1ccccc1)c1ccccc1. The molecule has 0 fully saturated rings. The Bertz CT molecular complexity index is 552. The smallest absolute Gasteiger partial charge is 0.407 e. The summed E-state index contributed by atoms with van der Waals surface area (Å²) in [6.45, 7) is 4.44. The lowest BCUT2D eigenvalue weighted by Gasteiger charge is -2.22. The van der Waals surface area contributed by atoms with Gasteiger partial charge in [-0.1, -0.05) is 74.5 Å². The normalized spacial score (nSPS) is 12.0. The molecule has 2 aromatic rings. The van der Waals surface area contributed by atoms with Gasteiger partial charge in [0.1, 0.15) is 6.61 Å². The standard InChI is InChI=1S/C18H21NO2/c1-14(2)17(16-11-7-4-8-12-16)19-18(20)21-13-15-9-5-3-6-10-15/h3-12,14,17H,13H2,1-2H3,(H,19,20). The van der Waals surface area contributed by atoms with Crippen LogP contribution in [0.3, 0.4) is 0 Å². The van der Waals surface area contributed by atoms with Crippen LogP contribution in [0.1, 0.15) is 31.0 Å². The molecule has 0 heterocycles. The number of alkyl carbamates (subject to hydrolysis) is 1. The lowest BCUT2D eigenvalue weighted by Crippen LogP contribution is -2.32. The van der Waals surface area contributed by atoms with E-state index in [2.05, 4.69) is 19.2 Å².